The third-order valence-electron chi connectivity index (χ3n) is 2.05. The Balaban J connectivity index is 3.07. The van der Waals surface area contributed by atoms with Crippen molar-refractivity contribution in [2.45, 2.75) is 23.5 Å². The van der Waals surface area contributed by atoms with E-state index in [1.165, 1.54) is 12.1 Å². The molecular formula is C10H10BrNO2S. The van der Waals surface area contributed by atoms with E-state index in [9.17, 15) is 8.42 Å². The number of nitriles is 1. The molecule has 0 spiro atoms. The van der Waals surface area contributed by atoms with Crippen molar-refractivity contribution in [1.29, 1.82) is 5.26 Å². The minimum Gasteiger partial charge on any atom is -0.223 e. The average molecular weight is 288 g/mol. The maximum Gasteiger partial charge on any atom is 0.181 e. The molecule has 0 N–H and O–H groups in total. The van der Waals surface area contributed by atoms with Crippen LogP contribution < -0.4 is 0 Å². The summed E-state index contributed by atoms with van der Waals surface area (Å²) in [6, 6.07) is 8.28. The highest BCUT2D eigenvalue weighted by Gasteiger charge is 2.22. The Kier molecular flexibility index (Phi) is 3.89. The summed E-state index contributed by atoms with van der Waals surface area (Å²) < 4.78 is 24.6. The molecule has 15 heavy (non-hydrogen) atoms. The van der Waals surface area contributed by atoms with E-state index in [1.807, 2.05) is 6.07 Å². The standard InChI is InChI=1S/C10H10BrNO2S/c1-8(6-7-12)15(13,14)10-4-2-9(11)3-5-10/h2-5,8H,6H2,1H3. The molecule has 0 saturated carbocycles. The molecule has 1 rings (SSSR count). The van der Waals surface area contributed by atoms with Gasteiger partial charge in [-0.25, -0.2) is 8.42 Å². The van der Waals surface area contributed by atoms with Crippen LogP contribution in [0, 0.1) is 11.3 Å². The van der Waals surface area contributed by atoms with E-state index < -0.39 is 15.1 Å². The fourth-order valence-electron chi connectivity index (χ4n) is 1.09. The van der Waals surface area contributed by atoms with Crippen molar-refractivity contribution in [2.75, 3.05) is 0 Å². The molecule has 0 amide bonds. The summed E-state index contributed by atoms with van der Waals surface area (Å²) in [7, 11) is -3.36. The van der Waals surface area contributed by atoms with Gasteiger partial charge in [0.25, 0.3) is 0 Å². The molecule has 0 aliphatic rings. The topological polar surface area (TPSA) is 57.9 Å². The van der Waals surface area contributed by atoms with Crippen molar-refractivity contribution in [3.63, 3.8) is 0 Å². The van der Waals surface area contributed by atoms with Crippen LogP contribution in [-0.4, -0.2) is 13.7 Å². The first-order valence-corrected chi connectivity index (χ1v) is 6.69. The fourth-order valence-corrected chi connectivity index (χ4v) is 2.63. The Morgan fingerprint density at radius 2 is 1.93 bits per heavy atom. The first-order valence-electron chi connectivity index (χ1n) is 4.35. The molecular weight excluding hydrogens is 278 g/mol. The number of rotatable bonds is 3. The van der Waals surface area contributed by atoms with Crippen molar-refractivity contribution in [3.05, 3.63) is 28.7 Å². The molecule has 0 saturated heterocycles. The van der Waals surface area contributed by atoms with Gasteiger partial charge in [0, 0.05) is 4.47 Å². The minimum absolute atomic E-state index is 0.0123. The van der Waals surface area contributed by atoms with Crippen LogP contribution in [0.1, 0.15) is 13.3 Å². The first-order chi connectivity index (χ1) is 6.98. The van der Waals surface area contributed by atoms with Crippen molar-refractivity contribution in [1.82, 2.24) is 0 Å². The van der Waals surface area contributed by atoms with Gasteiger partial charge in [-0.15, -0.1) is 0 Å². The number of hydrogen-bond donors (Lipinski definition) is 0. The van der Waals surface area contributed by atoms with Gasteiger partial charge in [-0.2, -0.15) is 5.26 Å². The van der Waals surface area contributed by atoms with E-state index in [0.29, 0.717) is 0 Å². The van der Waals surface area contributed by atoms with Crippen LogP contribution in [0.3, 0.4) is 0 Å². The normalized spacial score (nSPS) is 13.1. The Labute approximate surface area is 97.8 Å². The SMILES string of the molecule is CC(CC#N)S(=O)(=O)c1ccc(Br)cc1. The number of halogens is 1. The minimum atomic E-state index is -3.36. The van der Waals surface area contributed by atoms with Gasteiger partial charge in [-0.1, -0.05) is 15.9 Å². The molecule has 1 aromatic rings. The van der Waals surface area contributed by atoms with Crippen LogP contribution in [0.15, 0.2) is 33.6 Å². The Bertz CT molecular complexity index is 473. The highest BCUT2D eigenvalue weighted by molar-refractivity contribution is 9.10. The lowest BCUT2D eigenvalue weighted by molar-refractivity contribution is 0.584. The molecule has 0 bridgehead atoms. The van der Waals surface area contributed by atoms with E-state index in [4.69, 9.17) is 5.26 Å². The summed E-state index contributed by atoms with van der Waals surface area (Å²) in [5.41, 5.74) is 0. The molecule has 0 fully saturated rings. The van der Waals surface area contributed by atoms with Crippen LogP contribution in [0.5, 0.6) is 0 Å². The van der Waals surface area contributed by atoms with Gasteiger partial charge in [0.1, 0.15) is 0 Å². The lowest BCUT2D eigenvalue weighted by Crippen LogP contribution is -2.17. The average Bonchev–Trinajstić information content (AvgIpc) is 2.18. The third-order valence-corrected chi connectivity index (χ3v) is 4.73. The molecule has 1 unspecified atom stereocenters. The zero-order valence-electron chi connectivity index (χ0n) is 8.14. The monoisotopic (exact) mass is 287 g/mol. The van der Waals surface area contributed by atoms with Gasteiger partial charge in [-0.05, 0) is 31.2 Å². The molecule has 3 nitrogen and oxygen atoms in total. The van der Waals surface area contributed by atoms with Crippen molar-refractivity contribution >= 4 is 25.8 Å². The van der Waals surface area contributed by atoms with Crippen molar-refractivity contribution < 1.29 is 8.42 Å². The van der Waals surface area contributed by atoms with Gasteiger partial charge < -0.3 is 0 Å². The molecule has 1 aromatic carbocycles. The lowest BCUT2D eigenvalue weighted by atomic mass is 10.4. The molecule has 0 aliphatic heterocycles. The molecule has 80 valence electrons. The quantitative estimate of drug-likeness (QED) is 0.858. The smallest absolute Gasteiger partial charge is 0.181 e. The number of nitrogens with zero attached hydrogens (tertiary/aromatic N) is 1. The summed E-state index contributed by atoms with van der Waals surface area (Å²) in [4.78, 5) is 0.258. The molecule has 0 aromatic heterocycles. The van der Waals surface area contributed by atoms with E-state index in [-0.39, 0.29) is 11.3 Å². The van der Waals surface area contributed by atoms with Crippen molar-refractivity contribution in [3.8, 4) is 6.07 Å². The van der Waals surface area contributed by atoms with Crippen LogP contribution in [-0.2, 0) is 9.84 Å². The molecule has 0 aliphatic carbocycles. The lowest BCUT2D eigenvalue weighted by Gasteiger charge is -2.09. The number of sulfone groups is 1. The van der Waals surface area contributed by atoms with E-state index >= 15 is 0 Å². The number of hydrogen-bond acceptors (Lipinski definition) is 3. The summed E-state index contributed by atoms with van der Waals surface area (Å²) in [6.07, 6.45) is 0.0123. The maximum absolute atomic E-state index is 11.9. The highest BCUT2D eigenvalue weighted by atomic mass is 79.9. The fraction of sp³-hybridized carbons (Fsp3) is 0.300. The third kappa shape index (κ3) is 2.80. The van der Waals surface area contributed by atoms with Crippen LogP contribution >= 0.6 is 15.9 Å². The molecule has 0 radical (unpaired) electrons. The first kappa shape index (κ1) is 12.2. The van der Waals surface area contributed by atoms with Gasteiger partial charge in [-0.3, -0.25) is 0 Å². The molecule has 1 atom stereocenters. The number of benzene rings is 1. The summed E-state index contributed by atoms with van der Waals surface area (Å²) >= 11 is 3.23. The highest BCUT2D eigenvalue weighted by Crippen LogP contribution is 2.20. The largest absolute Gasteiger partial charge is 0.223 e. The summed E-state index contributed by atoms with van der Waals surface area (Å²) in [5.74, 6) is 0. The van der Waals surface area contributed by atoms with E-state index in [0.717, 1.165) is 4.47 Å². The molecule has 0 heterocycles. The Morgan fingerprint density at radius 3 is 2.40 bits per heavy atom. The van der Waals surface area contributed by atoms with E-state index in [2.05, 4.69) is 15.9 Å². The van der Waals surface area contributed by atoms with Gasteiger partial charge in [0.05, 0.1) is 22.6 Å². The van der Waals surface area contributed by atoms with Crippen molar-refractivity contribution in [2.24, 2.45) is 0 Å². The van der Waals surface area contributed by atoms with E-state index in [1.54, 1.807) is 19.1 Å². The predicted molar refractivity (Wildman–Crippen MR) is 61.0 cm³/mol. The van der Waals surface area contributed by atoms with Crippen LogP contribution in [0.25, 0.3) is 0 Å². The Morgan fingerprint density at radius 1 is 1.40 bits per heavy atom. The zero-order valence-corrected chi connectivity index (χ0v) is 10.5. The summed E-state index contributed by atoms with van der Waals surface area (Å²) in [5, 5.41) is 7.81. The summed E-state index contributed by atoms with van der Waals surface area (Å²) in [6.45, 7) is 1.54. The van der Waals surface area contributed by atoms with Crippen LogP contribution in [0.2, 0.25) is 0 Å². The van der Waals surface area contributed by atoms with Gasteiger partial charge in [0.2, 0.25) is 0 Å². The second kappa shape index (κ2) is 4.77. The second-order valence-corrected chi connectivity index (χ2v) is 6.45. The zero-order chi connectivity index (χ0) is 11.5. The van der Waals surface area contributed by atoms with Crippen LogP contribution in [0.4, 0.5) is 0 Å². The second-order valence-electron chi connectivity index (χ2n) is 3.17. The predicted octanol–water partition coefficient (Wildman–Crippen LogP) is 2.52. The molecule has 5 heteroatoms. The van der Waals surface area contributed by atoms with Gasteiger partial charge in [0.15, 0.2) is 9.84 Å². The Hall–Kier alpha value is -0.860. The maximum atomic E-state index is 11.9. The van der Waals surface area contributed by atoms with Gasteiger partial charge >= 0.3 is 0 Å².